The average molecular weight is 352 g/mol. The van der Waals surface area contributed by atoms with Gasteiger partial charge in [0.05, 0.1) is 0 Å². The number of anilines is 5. The van der Waals surface area contributed by atoms with Gasteiger partial charge in [0, 0.05) is 28.4 Å². The molecule has 4 aromatic rings. The van der Waals surface area contributed by atoms with Gasteiger partial charge < -0.3 is 15.3 Å². The molecule has 0 amide bonds. The van der Waals surface area contributed by atoms with Gasteiger partial charge in [-0.15, -0.1) is 0 Å². The van der Waals surface area contributed by atoms with Crippen molar-refractivity contribution in [2.45, 2.75) is 0 Å². The zero-order valence-electron chi connectivity index (χ0n) is 14.8. The van der Waals surface area contributed by atoms with Crippen LogP contribution in [0.1, 0.15) is 0 Å². The van der Waals surface area contributed by atoms with Gasteiger partial charge in [-0.2, -0.15) is 0 Å². The lowest BCUT2D eigenvalue weighted by atomic mass is 10.1. The smallest absolute Gasteiger partial charge is 0.115 e. The fraction of sp³-hybridized carbons (Fsp3) is 0. The van der Waals surface area contributed by atoms with Crippen molar-refractivity contribution in [3.63, 3.8) is 0 Å². The molecule has 0 heterocycles. The third kappa shape index (κ3) is 3.93. The number of rotatable bonds is 5. The molecule has 0 fully saturated rings. The molecule has 0 atom stereocenters. The Labute approximate surface area is 159 Å². The van der Waals surface area contributed by atoms with Crippen LogP contribution >= 0.6 is 0 Å². The summed E-state index contributed by atoms with van der Waals surface area (Å²) in [5, 5.41) is 13.0. The normalized spacial score (nSPS) is 10.4. The summed E-state index contributed by atoms with van der Waals surface area (Å²) in [5.74, 6) is 0.258. The molecule has 3 nitrogen and oxygen atoms in total. The second-order valence-electron chi connectivity index (χ2n) is 6.23. The molecule has 0 aromatic heterocycles. The summed E-state index contributed by atoms with van der Waals surface area (Å²) in [6.45, 7) is 0. The van der Waals surface area contributed by atoms with Crippen molar-refractivity contribution >= 4 is 28.4 Å². The van der Waals surface area contributed by atoms with E-state index in [-0.39, 0.29) is 5.75 Å². The van der Waals surface area contributed by atoms with Crippen LogP contribution in [-0.2, 0) is 0 Å². The van der Waals surface area contributed by atoms with E-state index in [2.05, 4.69) is 46.6 Å². The molecule has 0 aliphatic carbocycles. The number of nitrogens with zero attached hydrogens (tertiary/aromatic N) is 1. The lowest BCUT2D eigenvalue weighted by Crippen LogP contribution is -2.09. The molecule has 4 rings (SSSR count). The van der Waals surface area contributed by atoms with Crippen LogP contribution in [0.25, 0.3) is 0 Å². The minimum atomic E-state index is 0.258. The van der Waals surface area contributed by atoms with Crippen LogP contribution in [0.5, 0.6) is 5.75 Å². The Morgan fingerprint density at radius 2 is 0.926 bits per heavy atom. The van der Waals surface area contributed by atoms with Crippen molar-refractivity contribution in [3.05, 3.63) is 109 Å². The number of phenols is 1. The van der Waals surface area contributed by atoms with Crippen molar-refractivity contribution in [1.29, 1.82) is 0 Å². The fourth-order valence-electron chi connectivity index (χ4n) is 3.01. The Bertz CT molecular complexity index is 982. The zero-order chi connectivity index (χ0) is 18.5. The predicted octanol–water partition coefficient (Wildman–Crippen LogP) is 6.61. The van der Waals surface area contributed by atoms with Crippen molar-refractivity contribution in [2.75, 3.05) is 10.2 Å². The van der Waals surface area contributed by atoms with E-state index in [9.17, 15) is 5.11 Å². The molecule has 132 valence electrons. The largest absolute Gasteiger partial charge is 0.508 e. The van der Waals surface area contributed by atoms with E-state index < -0.39 is 0 Å². The van der Waals surface area contributed by atoms with Gasteiger partial charge in [-0.05, 0) is 72.8 Å². The maximum Gasteiger partial charge on any atom is 0.115 e. The van der Waals surface area contributed by atoms with E-state index >= 15 is 0 Å². The summed E-state index contributed by atoms with van der Waals surface area (Å²) < 4.78 is 0. The number of nitrogens with one attached hydrogen (secondary N) is 1. The number of para-hydroxylation sites is 2. The van der Waals surface area contributed by atoms with Crippen LogP contribution in [0.3, 0.4) is 0 Å². The van der Waals surface area contributed by atoms with Gasteiger partial charge in [0.1, 0.15) is 5.75 Å². The standard InChI is InChI=1S/C24H20N2O/c27-24-17-15-23(16-18-24)26(21-9-5-2-6-10-21)22-13-11-20(12-14-22)25-19-7-3-1-4-8-19/h1-18,25,27H. The quantitative estimate of drug-likeness (QED) is 0.424. The first-order valence-electron chi connectivity index (χ1n) is 8.86. The van der Waals surface area contributed by atoms with E-state index in [1.807, 2.05) is 60.7 Å². The summed E-state index contributed by atoms with van der Waals surface area (Å²) in [7, 11) is 0. The zero-order valence-corrected chi connectivity index (χ0v) is 14.8. The molecule has 2 N–H and O–H groups in total. The first-order valence-corrected chi connectivity index (χ1v) is 8.86. The number of hydrogen-bond acceptors (Lipinski definition) is 3. The molecule has 0 spiro atoms. The Kier molecular flexibility index (Phi) is 4.75. The highest BCUT2D eigenvalue weighted by Gasteiger charge is 2.12. The molecule has 0 radical (unpaired) electrons. The van der Waals surface area contributed by atoms with Crippen LogP contribution in [0.4, 0.5) is 28.4 Å². The molecule has 0 aliphatic heterocycles. The lowest BCUT2D eigenvalue weighted by Gasteiger charge is -2.25. The van der Waals surface area contributed by atoms with Gasteiger partial charge in [0.2, 0.25) is 0 Å². The number of aromatic hydroxyl groups is 1. The number of benzene rings is 4. The third-order valence-electron chi connectivity index (χ3n) is 4.31. The van der Waals surface area contributed by atoms with Crippen LogP contribution in [-0.4, -0.2) is 5.11 Å². The first kappa shape index (κ1) is 16.7. The molecule has 0 saturated heterocycles. The van der Waals surface area contributed by atoms with Gasteiger partial charge in [0.25, 0.3) is 0 Å². The summed E-state index contributed by atoms with van der Waals surface area (Å²) in [4.78, 5) is 2.16. The number of hydrogen-bond donors (Lipinski definition) is 2. The second kappa shape index (κ2) is 7.67. The average Bonchev–Trinajstić information content (AvgIpc) is 2.73. The van der Waals surface area contributed by atoms with Crippen molar-refractivity contribution < 1.29 is 5.11 Å². The third-order valence-corrected chi connectivity index (χ3v) is 4.31. The van der Waals surface area contributed by atoms with E-state index in [0.29, 0.717) is 0 Å². The molecular weight excluding hydrogens is 332 g/mol. The van der Waals surface area contributed by atoms with Crippen molar-refractivity contribution in [1.82, 2.24) is 0 Å². The van der Waals surface area contributed by atoms with Crippen molar-refractivity contribution in [2.24, 2.45) is 0 Å². The Morgan fingerprint density at radius 3 is 1.52 bits per heavy atom. The Morgan fingerprint density at radius 1 is 0.481 bits per heavy atom. The van der Waals surface area contributed by atoms with Gasteiger partial charge in [0.15, 0.2) is 0 Å². The van der Waals surface area contributed by atoms with Gasteiger partial charge in [-0.1, -0.05) is 36.4 Å². The molecular formula is C24H20N2O. The van der Waals surface area contributed by atoms with E-state index in [1.54, 1.807) is 12.1 Å². The van der Waals surface area contributed by atoms with Gasteiger partial charge in [-0.3, -0.25) is 0 Å². The lowest BCUT2D eigenvalue weighted by molar-refractivity contribution is 0.475. The highest BCUT2D eigenvalue weighted by molar-refractivity contribution is 5.77. The van der Waals surface area contributed by atoms with Gasteiger partial charge in [-0.25, -0.2) is 0 Å². The van der Waals surface area contributed by atoms with E-state index in [0.717, 1.165) is 28.4 Å². The van der Waals surface area contributed by atoms with E-state index in [4.69, 9.17) is 0 Å². The molecule has 0 aliphatic rings. The Hall–Kier alpha value is -3.72. The highest BCUT2D eigenvalue weighted by atomic mass is 16.3. The summed E-state index contributed by atoms with van der Waals surface area (Å²) in [6.07, 6.45) is 0. The SMILES string of the molecule is Oc1ccc(N(c2ccccc2)c2ccc(Nc3ccccc3)cc2)cc1. The molecule has 0 saturated carbocycles. The Balaban J connectivity index is 1.67. The van der Waals surface area contributed by atoms with Crippen LogP contribution in [0, 0.1) is 0 Å². The predicted molar refractivity (Wildman–Crippen MR) is 113 cm³/mol. The van der Waals surface area contributed by atoms with Crippen LogP contribution in [0.2, 0.25) is 0 Å². The monoisotopic (exact) mass is 352 g/mol. The molecule has 3 heteroatoms. The minimum Gasteiger partial charge on any atom is -0.508 e. The molecule has 0 bridgehead atoms. The van der Waals surface area contributed by atoms with Crippen molar-refractivity contribution in [3.8, 4) is 5.75 Å². The number of phenolic OH excluding ortho intramolecular Hbond substituents is 1. The van der Waals surface area contributed by atoms with Gasteiger partial charge >= 0.3 is 0 Å². The van der Waals surface area contributed by atoms with E-state index in [1.165, 1.54) is 0 Å². The molecule has 4 aromatic carbocycles. The maximum absolute atomic E-state index is 9.63. The summed E-state index contributed by atoms with van der Waals surface area (Å²) in [6, 6.07) is 35.9. The topological polar surface area (TPSA) is 35.5 Å². The summed E-state index contributed by atoms with van der Waals surface area (Å²) >= 11 is 0. The highest BCUT2D eigenvalue weighted by Crippen LogP contribution is 2.35. The van der Waals surface area contributed by atoms with Crippen LogP contribution in [0.15, 0.2) is 109 Å². The molecule has 0 unspecified atom stereocenters. The van der Waals surface area contributed by atoms with Crippen LogP contribution < -0.4 is 10.2 Å². The minimum absolute atomic E-state index is 0.258. The maximum atomic E-state index is 9.63. The fourth-order valence-corrected chi connectivity index (χ4v) is 3.01. The first-order chi connectivity index (χ1) is 13.3. The second-order valence-corrected chi connectivity index (χ2v) is 6.23. The summed E-state index contributed by atoms with van der Waals surface area (Å²) in [5.41, 5.74) is 5.19. The molecule has 27 heavy (non-hydrogen) atoms.